The molecule has 2 aromatic rings. The van der Waals surface area contributed by atoms with Gasteiger partial charge in [0.15, 0.2) is 0 Å². The number of fused-ring (bicyclic) bond motifs is 1. The minimum atomic E-state index is -4.54. The average Bonchev–Trinajstić information content (AvgIpc) is 2.59. The number of hydrogen-bond donors (Lipinski definition) is 1. The number of anilines is 1. The van der Waals surface area contributed by atoms with Crippen LogP contribution in [0.4, 0.5) is 18.9 Å². The lowest BCUT2D eigenvalue weighted by Gasteiger charge is -2.28. The van der Waals surface area contributed by atoms with Crippen LogP contribution in [0.1, 0.15) is 22.6 Å². The minimum Gasteiger partial charge on any atom is -0.440 e. The van der Waals surface area contributed by atoms with Gasteiger partial charge in [0.05, 0.1) is 11.5 Å². The quantitative estimate of drug-likeness (QED) is 0.807. The van der Waals surface area contributed by atoms with Gasteiger partial charge in [-0.1, -0.05) is 17.7 Å². The third-order valence-electron chi connectivity index (χ3n) is 4.35. The van der Waals surface area contributed by atoms with Gasteiger partial charge in [-0.2, -0.15) is 18.4 Å². The summed E-state index contributed by atoms with van der Waals surface area (Å²) in [4.78, 5) is 1.84. The van der Waals surface area contributed by atoms with Crippen molar-refractivity contribution in [2.75, 3.05) is 19.0 Å². The Morgan fingerprint density at radius 3 is 2.44 bits per heavy atom. The lowest BCUT2D eigenvalue weighted by atomic mass is 9.83. The van der Waals surface area contributed by atoms with E-state index in [9.17, 15) is 18.4 Å². The van der Waals surface area contributed by atoms with Gasteiger partial charge in [-0.3, -0.25) is 0 Å². The van der Waals surface area contributed by atoms with Crippen molar-refractivity contribution in [3.63, 3.8) is 0 Å². The highest BCUT2D eigenvalue weighted by molar-refractivity contribution is 6.31. The van der Waals surface area contributed by atoms with Crippen LogP contribution in [0, 0.1) is 11.3 Å². The molecule has 0 saturated carbocycles. The van der Waals surface area contributed by atoms with E-state index in [0.717, 1.165) is 17.8 Å². The van der Waals surface area contributed by atoms with Gasteiger partial charge in [0.1, 0.15) is 17.4 Å². The van der Waals surface area contributed by atoms with Crippen LogP contribution in [0.25, 0.3) is 0 Å². The van der Waals surface area contributed by atoms with Crippen LogP contribution in [0.15, 0.2) is 47.9 Å². The van der Waals surface area contributed by atoms with E-state index in [0.29, 0.717) is 11.3 Å². The second-order valence-electron chi connectivity index (χ2n) is 6.28. The second-order valence-corrected chi connectivity index (χ2v) is 6.68. The fraction of sp³-hybridized carbons (Fsp3) is 0.211. The molecule has 1 heterocycles. The number of alkyl halides is 3. The number of nitrogens with two attached hydrogens (primary N) is 1. The molecule has 0 radical (unpaired) electrons. The van der Waals surface area contributed by atoms with Gasteiger partial charge >= 0.3 is 6.18 Å². The van der Waals surface area contributed by atoms with Crippen LogP contribution >= 0.6 is 11.6 Å². The number of allylic oxidation sites excluding steroid dienone is 1. The van der Waals surface area contributed by atoms with Crippen molar-refractivity contribution in [3.8, 4) is 11.8 Å². The fourth-order valence-corrected chi connectivity index (χ4v) is 3.21. The lowest BCUT2D eigenvalue weighted by molar-refractivity contribution is -0.137. The van der Waals surface area contributed by atoms with Crippen LogP contribution in [0.3, 0.4) is 0 Å². The highest BCUT2D eigenvalue weighted by Gasteiger charge is 2.36. The SMILES string of the molecule is CN(C)c1ccc2c(c1)OC(N)=C(C#N)C2c1cc(C(F)(F)F)ccc1Cl. The molecule has 0 saturated heterocycles. The van der Waals surface area contributed by atoms with E-state index < -0.39 is 17.7 Å². The van der Waals surface area contributed by atoms with E-state index in [1.807, 2.05) is 25.1 Å². The smallest absolute Gasteiger partial charge is 0.416 e. The van der Waals surface area contributed by atoms with Gasteiger partial charge in [0.25, 0.3) is 0 Å². The normalized spacial score (nSPS) is 16.4. The van der Waals surface area contributed by atoms with Gasteiger partial charge in [-0.25, -0.2) is 0 Å². The first-order chi connectivity index (χ1) is 12.6. The molecule has 2 N–H and O–H groups in total. The van der Waals surface area contributed by atoms with Crippen molar-refractivity contribution < 1.29 is 17.9 Å². The summed E-state index contributed by atoms with van der Waals surface area (Å²) in [5, 5.41) is 9.65. The van der Waals surface area contributed by atoms with Crippen LogP contribution in [-0.4, -0.2) is 14.1 Å². The summed E-state index contributed by atoms with van der Waals surface area (Å²) in [6, 6.07) is 10.2. The van der Waals surface area contributed by atoms with E-state index in [4.69, 9.17) is 22.1 Å². The Labute approximate surface area is 159 Å². The number of ether oxygens (including phenoxy) is 1. The molecule has 0 aliphatic carbocycles. The van der Waals surface area contributed by atoms with Crippen molar-refractivity contribution in [2.24, 2.45) is 5.73 Å². The topological polar surface area (TPSA) is 62.3 Å². The van der Waals surface area contributed by atoms with E-state index in [-0.39, 0.29) is 22.0 Å². The summed E-state index contributed by atoms with van der Waals surface area (Å²) >= 11 is 6.21. The van der Waals surface area contributed by atoms with Crippen molar-refractivity contribution in [1.29, 1.82) is 5.26 Å². The number of halogens is 4. The van der Waals surface area contributed by atoms with Crippen molar-refractivity contribution in [1.82, 2.24) is 0 Å². The Hall–Kier alpha value is -2.85. The molecular formula is C19H15ClF3N3O. The minimum absolute atomic E-state index is 0.0151. The summed E-state index contributed by atoms with van der Waals surface area (Å²) in [7, 11) is 3.68. The van der Waals surface area contributed by atoms with Crippen molar-refractivity contribution in [2.45, 2.75) is 12.1 Å². The van der Waals surface area contributed by atoms with E-state index in [1.165, 1.54) is 6.07 Å². The van der Waals surface area contributed by atoms with E-state index >= 15 is 0 Å². The molecule has 0 amide bonds. The summed E-state index contributed by atoms with van der Waals surface area (Å²) in [5.41, 5.74) is 6.54. The van der Waals surface area contributed by atoms with Crippen molar-refractivity contribution in [3.05, 3.63) is 69.6 Å². The number of nitrogens with zero attached hydrogens (tertiary/aromatic N) is 2. The van der Waals surface area contributed by atoms with Crippen LogP contribution in [0.2, 0.25) is 5.02 Å². The van der Waals surface area contributed by atoms with Gasteiger partial charge in [0, 0.05) is 36.4 Å². The average molecular weight is 394 g/mol. The molecule has 0 aromatic heterocycles. The second kappa shape index (κ2) is 6.71. The van der Waals surface area contributed by atoms with Crippen LogP contribution in [0.5, 0.6) is 5.75 Å². The highest BCUT2D eigenvalue weighted by atomic mass is 35.5. The molecular weight excluding hydrogens is 379 g/mol. The van der Waals surface area contributed by atoms with Crippen molar-refractivity contribution >= 4 is 17.3 Å². The molecule has 3 rings (SSSR count). The molecule has 1 unspecified atom stereocenters. The van der Waals surface area contributed by atoms with Crippen LogP contribution < -0.4 is 15.4 Å². The molecule has 0 fully saturated rings. The summed E-state index contributed by atoms with van der Waals surface area (Å²) < 4.78 is 45.1. The van der Waals surface area contributed by atoms with Gasteiger partial charge in [0.2, 0.25) is 5.88 Å². The predicted octanol–water partition coefficient (Wildman–Crippen LogP) is 4.64. The standard InChI is InChI=1S/C19H15ClF3N3O/c1-26(2)11-4-5-12-16(8-11)27-18(25)14(9-24)17(12)13-7-10(19(21,22)23)3-6-15(13)20/h3-8,17H,25H2,1-2H3. The Morgan fingerprint density at radius 2 is 1.85 bits per heavy atom. The summed E-state index contributed by atoms with van der Waals surface area (Å²) in [6.45, 7) is 0. The maximum absolute atomic E-state index is 13.2. The number of rotatable bonds is 2. The summed E-state index contributed by atoms with van der Waals surface area (Å²) in [5.74, 6) is -0.639. The first-order valence-electron chi connectivity index (χ1n) is 7.89. The van der Waals surface area contributed by atoms with E-state index in [2.05, 4.69) is 0 Å². The molecule has 8 heteroatoms. The number of benzene rings is 2. The Morgan fingerprint density at radius 1 is 1.15 bits per heavy atom. The first-order valence-corrected chi connectivity index (χ1v) is 8.26. The molecule has 0 bridgehead atoms. The molecule has 1 aliphatic heterocycles. The van der Waals surface area contributed by atoms with Crippen LogP contribution in [-0.2, 0) is 6.18 Å². The third-order valence-corrected chi connectivity index (χ3v) is 4.70. The predicted molar refractivity (Wildman–Crippen MR) is 96.5 cm³/mol. The monoisotopic (exact) mass is 393 g/mol. The zero-order valence-corrected chi connectivity index (χ0v) is 15.2. The van der Waals surface area contributed by atoms with Gasteiger partial charge in [-0.15, -0.1) is 0 Å². The number of nitriles is 1. The Kier molecular flexibility index (Phi) is 4.70. The molecule has 140 valence electrons. The molecule has 4 nitrogen and oxygen atoms in total. The molecule has 0 spiro atoms. The largest absolute Gasteiger partial charge is 0.440 e. The number of hydrogen-bond acceptors (Lipinski definition) is 4. The molecule has 1 atom stereocenters. The Balaban J connectivity index is 2.25. The van der Waals surface area contributed by atoms with E-state index in [1.54, 1.807) is 18.2 Å². The zero-order chi connectivity index (χ0) is 19.9. The van der Waals surface area contributed by atoms with Gasteiger partial charge < -0.3 is 15.4 Å². The maximum atomic E-state index is 13.2. The molecule has 1 aliphatic rings. The fourth-order valence-electron chi connectivity index (χ4n) is 2.98. The van der Waals surface area contributed by atoms with Gasteiger partial charge in [-0.05, 0) is 29.8 Å². The first kappa shape index (κ1) is 18.9. The zero-order valence-electron chi connectivity index (χ0n) is 14.4. The maximum Gasteiger partial charge on any atom is 0.416 e. The highest BCUT2D eigenvalue weighted by Crippen LogP contribution is 2.46. The molecule has 2 aromatic carbocycles. The third kappa shape index (κ3) is 3.40. The Bertz CT molecular complexity index is 977. The summed E-state index contributed by atoms with van der Waals surface area (Å²) in [6.07, 6.45) is -4.54. The molecule has 27 heavy (non-hydrogen) atoms. The lowest BCUT2D eigenvalue weighted by Crippen LogP contribution is -2.22.